The topological polar surface area (TPSA) is 0 Å². The standard InChI is InChI=1S/C21H16F4S/c1-12-10-17(12)14-4-2-13(3-5-14)15-6-7-16(18(22)11-15)19-8-9-20(26-19)21(23,24)25/h2-9,11-12,17H,10H2,1H3. The van der Waals surface area contributed by atoms with Gasteiger partial charge in [0, 0.05) is 10.4 Å². The van der Waals surface area contributed by atoms with E-state index in [-0.39, 0.29) is 10.4 Å². The van der Waals surface area contributed by atoms with E-state index < -0.39 is 16.9 Å². The Bertz CT molecular complexity index is 937. The summed E-state index contributed by atoms with van der Waals surface area (Å²) in [6, 6.07) is 15.1. The number of hydrogen-bond acceptors (Lipinski definition) is 1. The average molecular weight is 376 g/mol. The predicted molar refractivity (Wildman–Crippen MR) is 96.7 cm³/mol. The van der Waals surface area contributed by atoms with Gasteiger partial charge in [-0.25, -0.2) is 4.39 Å². The first-order chi connectivity index (χ1) is 12.3. The zero-order valence-corrected chi connectivity index (χ0v) is 14.8. The van der Waals surface area contributed by atoms with Gasteiger partial charge >= 0.3 is 6.18 Å². The minimum absolute atomic E-state index is 0.192. The van der Waals surface area contributed by atoms with Crippen molar-refractivity contribution in [1.82, 2.24) is 0 Å². The molecule has 0 spiro atoms. The van der Waals surface area contributed by atoms with Gasteiger partial charge in [0.25, 0.3) is 0 Å². The van der Waals surface area contributed by atoms with E-state index in [2.05, 4.69) is 19.1 Å². The summed E-state index contributed by atoms with van der Waals surface area (Å²) in [4.78, 5) is -0.444. The Balaban J connectivity index is 1.60. The summed E-state index contributed by atoms with van der Waals surface area (Å²) in [7, 11) is 0. The molecule has 0 amide bonds. The molecule has 1 aliphatic carbocycles. The zero-order valence-electron chi connectivity index (χ0n) is 14.0. The highest BCUT2D eigenvalue weighted by Gasteiger charge is 2.34. The lowest BCUT2D eigenvalue weighted by Crippen LogP contribution is -2.00. The normalized spacial score (nSPS) is 19.6. The third-order valence-electron chi connectivity index (χ3n) is 4.90. The van der Waals surface area contributed by atoms with Crippen LogP contribution in [0.4, 0.5) is 17.6 Å². The van der Waals surface area contributed by atoms with Crippen molar-refractivity contribution < 1.29 is 17.6 Å². The van der Waals surface area contributed by atoms with E-state index in [9.17, 15) is 17.6 Å². The van der Waals surface area contributed by atoms with Gasteiger partial charge in [0.2, 0.25) is 0 Å². The highest BCUT2D eigenvalue weighted by atomic mass is 32.1. The summed E-state index contributed by atoms with van der Waals surface area (Å²) in [6.07, 6.45) is -3.19. The molecule has 26 heavy (non-hydrogen) atoms. The Morgan fingerprint density at radius 1 is 0.923 bits per heavy atom. The van der Waals surface area contributed by atoms with Crippen LogP contribution in [0, 0.1) is 11.7 Å². The van der Waals surface area contributed by atoms with Crippen molar-refractivity contribution in [2.45, 2.75) is 25.4 Å². The summed E-state index contributed by atoms with van der Waals surface area (Å²) in [5.41, 5.74) is 3.11. The zero-order chi connectivity index (χ0) is 18.5. The van der Waals surface area contributed by atoms with Crippen LogP contribution in [-0.2, 0) is 6.18 Å². The maximum Gasteiger partial charge on any atom is 0.425 e. The second kappa shape index (κ2) is 6.23. The molecule has 134 valence electrons. The molecule has 0 bridgehead atoms. The molecule has 0 saturated heterocycles. The van der Waals surface area contributed by atoms with E-state index in [1.165, 1.54) is 24.1 Å². The monoisotopic (exact) mass is 376 g/mol. The summed E-state index contributed by atoms with van der Waals surface area (Å²) in [6.45, 7) is 2.22. The molecule has 1 heterocycles. The fourth-order valence-electron chi connectivity index (χ4n) is 3.24. The van der Waals surface area contributed by atoms with Crippen molar-refractivity contribution >= 4 is 11.3 Å². The van der Waals surface area contributed by atoms with Crippen molar-refractivity contribution in [3.05, 3.63) is 70.9 Å². The van der Waals surface area contributed by atoms with Crippen LogP contribution < -0.4 is 0 Å². The van der Waals surface area contributed by atoms with E-state index >= 15 is 0 Å². The minimum atomic E-state index is -4.40. The molecule has 0 aliphatic heterocycles. The fourth-order valence-corrected chi connectivity index (χ4v) is 4.14. The number of thiophene rings is 1. The maximum atomic E-state index is 14.5. The van der Waals surface area contributed by atoms with Gasteiger partial charge in [-0.05, 0) is 59.2 Å². The highest BCUT2D eigenvalue weighted by Crippen LogP contribution is 2.47. The van der Waals surface area contributed by atoms with Crippen LogP contribution in [0.2, 0.25) is 0 Å². The molecule has 2 aromatic carbocycles. The highest BCUT2D eigenvalue weighted by molar-refractivity contribution is 7.15. The Labute approximate surface area is 153 Å². The second-order valence-corrected chi connectivity index (χ2v) is 7.88. The van der Waals surface area contributed by atoms with Crippen LogP contribution in [0.3, 0.4) is 0 Å². The van der Waals surface area contributed by atoms with Crippen molar-refractivity contribution in [3.63, 3.8) is 0 Å². The van der Waals surface area contributed by atoms with Crippen LogP contribution >= 0.6 is 11.3 Å². The lowest BCUT2D eigenvalue weighted by molar-refractivity contribution is -0.134. The third kappa shape index (κ3) is 3.28. The Hall–Kier alpha value is -2.14. The fraction of sp³-hybridized carbons (Fsp3) is 0.238. The first-order valence-corrected chi connectivity index (χ1v) is 9.22. The van der Waals surface area contributed by atoms with Crippen LogP contribution in [0.1, 0.15) is 29.7 Å². The van der Waals surface area contributed by atoms with Gasteiger partial charge in [-0.15, -0.1) is 11.3 Å². The maximum absolute atomic E-state index is 14.5. The molecule has 1 aliphatic rings. The van der Waals surface area contributed by atoms with Gasteiger partial charge < -0.3 is 0 Å². The smallest absolute Gasteiger partial charge is 0.206 e. The summed E-state index contributed by atoms with van der Waals surface area (Å²) < 4.78 is 52.7. The SMILES string of the molecule is CC1CC1c1ccc(-c2ccc(-c3ccc(C(F)(F)F)s3)c(F)c2)cc1. The molecule has 5 heteroatoms. The van der Waals surface area contributed by atoms with Crippen molar-refractivity contribution in [2.75, 3.05) is 0 Å². The molecule has 4 rings (SSSR count). The van der Waals surface area contributed by atoms with Crippen LogP contribution in [0.5, 0.6) is 0 Å². The second-order valence-electron chi connectivity index (χ2n) is 6.80. The molecule has 1 fully saturated rings. The van der Waals surface area contributed by atoms with E-state index in [0.717, 1.165) is 17.5 Å². The Kier molecular flexibility index (Phi) is 4.14. The lowest BCUT2D eigenvalue weighted by atomic mass is 10.00. The first kappa shape index (κ1) is 17.3. The minimum Gasteiger partial charge on any atom is -0.206 e. The quantitative estimate of drug-likeness (QED) is 0.419. The van der Waals surface area contributed by atoms with Gasteiger partial charge in [-0.3, -0.25) is 0 Å². The molecular weight excluding hydrogens is 360 g/mol. The van der Waals surface area contributed by atoms with Gasteiger partial charge in [0.05, 0.1) is 0 Å². The lowest BCUT2D eigenvalue weighted by Gasteiger charge is -2.07. The molecule has 0 N–H and O–H groups in total. The molecule has 0 nitrogen and oxygen atoms in total. The number of alkyl halides is 3. The van der Waals surface area contributed by atoms with E-state index in [1.807, 2.05) is 12.1 Å². The number of benzene rings is 2. The molecule has 1 aromatic heterocycles. The van der Waals surface area contributed by atoms with Crippen molar-refractivity contribution in [2.24, 2.45) is 5.92 Å². The summed E-state index contributed by atoms with van der Waals surface area (Å²) >= 11 is 0.556. The number of hydrogen-bond donors (Lipinski definition) is 0. The van der Waals surface area contributed by atoms with Gasteiger partial charge in [0.15, 0.2) is 0 Å². The Morgan fingerprint density at radius 2 is 1.58 bits per heavy atom. The predicted octanol–water partition coefficient (Wildman–Crippen LogP) is 7.36. The van der Waals surface area contributed by atoms with E-state index in [0.29, 0.717) is 22.8 Å². The third-order valence-corrected chi connectivity index (χ3v) is 6.06. The van der Waals surface area contributed by atoms with E-state index in [1.54, 1.807) is 12.1 Å². The van der Waals surface area contributed by atoms with Crippen LogP contribution in [0.25, 0.3) is 21.6 Å². The number of halogens is 4. The molecule has 2 atom stereocenters. The van der Waals surface area contributed by atoms with Crippen molar-refractivity contribution in [1.29, 1.82) is 0 Å². The first-order valence-electron chi connectivity index (χ1n) is 8.40. The van der Waals surface area contributed by atoms with Crippen LogP contribution in [-0.4, -0.2) is 0 Å². The van der Waals surface area contributed by atoms with Gasteiger partial charge in [-0.2, -0.15) is 13.2 Å². The summed E-state index contributed by atoms with van der Waals surface area (Å²) in [5, 5.41) is 0. The van der Waals surface area contributed by atoms with Gasteiger partial charge in [-0.1, -0.05) is 37.3 Å². The average Bonchev–Trinajstić information content (AvgIpc) is 3.12. The molecule has 2 unspecified atom stereocenters. The Morgan fingerprint density at radius 3 is 2.12 bits per heavy atom. The molecular formula is C21H16F4S. The molecule has 0 radical (unpaired) electrons. The van der Waals surface area contributed by atoms with Gasteiger partial charge in [0.1, 0.15) is 10.7 Å². The number of rotatable bonds is 3. The summed E-state index contributed by atoms with van der Waals surface area (Å²) in [5.74, 6) is 0.841. The molecule has 3 aromatic rings. The molecule has 1 saturated carbocycles. The van der Waals surface area contributed by atoms with Crippen molar-refractivity contribution in [3.8, 4) is 21.6 Å². The largest absolute Gasteiger partial charge is 0.425 e. The van der Waals surface area contributed by atoms with E-state index in [4.69, 9.17) is 0 Å². The van der Waals surface area contributed by atoms with Crippen LogP contribution in [0.15, 0.2) is 54.6 Å².